The summed E-state index contributed by atoms with van der Waals surface area (Å²) in [6, 6.07) is 8.38. The van der Waals surface area contributed by atoms with Crippen LogP contribution in [0.15, 0.2) is 24.3 Å². The molecule has 1 fully saturated rings. The van der Waals surface area contributed by atoms with E-state index in [0.717, 1.165) is 43.2 Å². The van der Waals surface area contributed by atoms with Crippen LogP contribution in [0, 0.1) is 0 Å². The summed E-state index contributed by atoms with van der Waals surface area (Å²) in [5, 5.41) is 3.10. The van der Waals surface area contributed by atoms with Crippen molar-refractivity contribution in [1.29, 1.82) is 0 Å². The van der Waals surface area contributed by atoms with Crippen molar-refractivity contribution in [3.8, 4) is 5.75 Å². The summed E-state index contributed by atoms with van der Waals surface area (Å²) in [7, 11) is 1.67. The smallest absolute Gasteiger partial charge is 0.317 e. The van der Waals surface area contributed by atoms with Crippen molar-refractivity contribution in [2.45, 2.75) is 25.8 Å². The van der Waals surface area contributed by atoms with Crippen LogP contribution in [0.4, 0.5) is 4.79 Å². The minimum Gasteiger partial charge on any atom is -0.497 e. The molecule has 1 aromatic rings. The first-order valence-electron chi connectivity index (χ1n) is 7.45. The van der Waals surface area contributed by atoms with E-state index in [-0.39, 0.29) is 12.1 Å². The minimum absolute atomic E-state index is 0.0810. The maximum atomic E-state index is 12.1. The van der Waals surface area contributed by atoms with Crippen molar-refractivity contribution in [3.63, 3.8) is 0 Å². The fourth-order valence-electron chi connectivity index (χ4n) is 2.32. The standard InChI is InChI=1S/C16H24N2O2S/c1-13(17-16(19)18-9-11-21-12-10-18)3-4-14-5-7-15(20-2)8-6-14/h5-8,13H,3-4,9-12H2,1-2H3,(H,17,19). The van der Waals surface area contributed by atoms with Crippen LogP contribution >= 0.6 is 11.8 Å². The predicted molar refractivity (Wildman–Crippen MR) is 88.2 cm³/mol. The third kappa shape index (κ3) is 5.16. The first-order valence-corrected chi connectivity index (χ1v) is 8.60. The Labute approximate surface area is 131 Å². The normalized spacial score (nSPS) is 16.4. The van der Waals surface area contributed by atoms with Gasteiger partial charge < -0.3 is 15.0 Å². The summed E-state index contributed by atoms with van der Waals surface area (Å²) < 4.78 is 5.15. The van der Waals surface area contributed by atoms with Gasteiger partial charge in [0.1, 0.15) is 5.75 Å². The van der Waals surface area contributed by atoms with E-state index in [9.17, 15) is 4.79 Å². The highest BCUT2D eigenvalue weighted by Gasteiger charge is 2.17. The number of carbonyl (C=O) groups is 1. The van der Waals surface area contributed by atoms with Gasteiger partial charge in [-0.1, -0.05) is 12.1 Å². The molecule has 0 aliphatic carbocycles. The highest BCUT2D eigenvalue weighted by atomic mass is 32.2. The average molecular weight is 308 g/mol. The van der Waals surface area contributed by atoms with E-state index >= 15 is 0 Å². The lowest BCUT2D eigenvalue weighted by Crippen LogP contribution is -2.47. The van der Waals surface area contributed by atoms with Gasteiger partial charge in [-0.25, -0.2) is 4.79 Å². The Balaban J connectivity index is 1.73. The number of hydrogen-bond donors (Lipinski definition) is 1. The van der Waals surface area contributed by atoms with Crippen LogP contribution in [0.1, 0.15) is 18.9 Å². The number of rotatable bonds is 5. The molecule has 1 N–H and O–H groups in total. The van der Waals surface area contributed by atoms with Crippen molar-refractivity contribution in [3.05, 3.63) is 29.8 Å². The summed E-state index contributed by atoms with van der Waals surface area (Å²) in [4.78, 5) is 14.0. The molecule has 1 heterocycles. The molecular formula is C16H24N2O2S. The SMILES string of the molecule is COc1ccc(CCC(C)NC(=O)N2CCSCC2)cc1. The van der Waals surface area contributed by atoms with Crippen molar-refractivity contribution in [1.82, 2.24) is 10.2 Å². The molecule has 2 rings (SSSR count). The molecule has 116 valence electrons. The van der Waals surface area contributed by atoms with Gasteiger partial charge in [0, 0.05) is 30.6 Å². The first kappa shape index (κ1) is 16.0. The largest absolute Gasteiger partial charge is 0.497 e. The monoisotopic (exact) mass is 308 g/mol. The Morgan fingerprint density at radius 1 is 1.33 bits per heavy atom. The zero-order valence-electron chi connectivity index (χ0n) is 12.8. The third-order valence-electron chi connectivity index (χ3n) is 3.69. The number of carbonyl (C=O) groups excluding carboxylic acids is 1. The zero-order valence-corrected chi connectivity index (χ0v) is 13.6. The van der Waals surface area contributed by atoms with Crippen LogP contribution < -0.4 is 10.1 Å². The van der Waals surface area contributed by atoms with Crippen molar-refractivity contribution in [2.24, 2.45) is 0 Å². The number of aryl methyl sites for hydroxylation is 1. The van der Waals surface area contributed by atoms with Gasteiger partial charge in [-0.3, -0.25) is 0 Å². The molecule has 1 aliphatic heterocycles. The predicted octanol–water partition coefficient (Wildman–Crippen LogP) is 2.77. The molecule has 1 unspecified atom stereocenters. The highest BCUT2D eigenvalue weighted by molar-refractivity contribution is 7.99. The van der Waals surface area contributed by atoms with E-state index in [1.165, 1.54) is 5.56 Å². The molecule has 1 atom stereocenters. The average Bonchev–Trinajstić information content (AvgIpc) is 2.54. The number of hydrogen-bond acceptors (Lipinski definition) is 3. The van der Waals surface area contributed by atoms with E-state index in [2.05, 4.69) is 24.4 Å². The molecule has 0 aromatic heterocycles. The van der Waals surface area contributed by atoms with Crippen LogP contribution in [0.2, 0.25) is 0 Å². The summed E-state index contributed by atoms with van der Waals surface area (Å²) in [6.07, 6.45) is 1.90. The van der Waals surface area contributed by atoms with Crippen LogP contribution in [-0.4, -0.2) is 48.7 Å². The fraction of sp³-hybridized carbons (Fsp3) is 0.562. The molecule has 0 saturated carbocycles. The van der Waals surface area contributed by atoms with Crippen LogP contribution in [-0.2, 0) is 6.42 Å². The number of benzene rings is 1. The second-order valence-corrected chi connectivity index (χ2v) is 6.56. The molecule has 21 heavy (non-hydrogen) atoms. The number of nitrogens with zero attached hydrogens (tertiary/aromatic N) is 1. The quantitative estimate of drug-likeness (QED) is 0.909. The number of thioether (sulfide) groups is 1. The fourth-order valence-corrected chi connectivity index (χ4v) is 3.22. The number of amides is 2. The Morgan fingerprint density at radius 3 is 2.62 bits per heavy atom. The minimum atomic E-state index is 0.0810. The van der Waals surface area contributed by atoms with Gasteiger partial charge in [0.25, 0.3) is 0 Å². The highest BCUT2D eigenvalue weighted by Crippen LogP contribution is 2.13. The second-order valence-electron chi connectivity index (χ2n) is 5.34. The first-order chi connectivity index (χ1) is 10.2. The van der Waals surface area contributed by atoms with Gasteiger partial charge in [0.2, 0.25) is 0 Å². The molecule has 0 spiro atoms. The molecule has 1 aliphatic rings. The van der Waals surface area contributed by atoms with Gasteiger partial charge in [-0.05, 0) is 37.5 Å². The Kier molecular flexibility index (Phi) is 6.23. The van der Waals surface area contributed by atoms with Gasteiger partial charge >= 0.3 is 6.03 Å². The Bertz CT molecular complexity index is 444. The lowest BCUT2D eigenvalue weighted by atomic mass is 10.1. The van der Waals surface area contributed by atoms with Crippen LogP contribution in [0.5, 0.6) is 5.75 Å². The zero-order chi connectivity index (χ0) is 15.1. The Morgan fingerprint density at radius 2 is 2.00 bits per heavy atom. The van der Waals surface area contributed by atoms with E-state index in [4.69, 9.17) is 4.74 Å². The summed E-state index contributed by atoms with van der Waals surface area (Å²) in [5.74, 6) is 2.98. The maximum absolute atomic E-state index is 12.1. The van der Waals surface area contributed by atoms with E-state index in [1.807, 2.05) is 28.8 Å². The van der Waals surface area contributed by atoms with E-state index < -0.39 is 0 Å². The van der Waals surface area contributed by atoms with Gasteiger partial charge in [-0.2, -0.15) is 11.8 Å². The molecule has 0 radical (unpaired) electrons. The number of methoxy groups -OCH3 is 1. The van der Waals surface area contributed by atoms with Crippen LogP contribution in [0.25, 0.3) is 0 Å². The number of urea groups is 1. The molecule has 5 heteroatoms. The molecule has 1 saturated heterocycles. The molecular weight excluding hydrogens is 284 g/mol. The van der Waals surface area contributed by atoms with Gasteiger partial charge in [-0.15, -0.1) is 0 Å². The topological polar surface area (TPSA) is 41.6 Å². The van der Waals surface area contributed by atoms with Crippen molar-refractivity contribution < 1.29 is 9.53 Å². The molecule has 2 amide bonds. The lowest BCUT2D eigenvalue weighted by molar-refractivity contribution is 0.199. The summed E-state index contributed by atoms with van der Waals surface area (Å²) >= 11 is 1.91. The van der Waals surface area contributed by atoms with E-state index in [0.29, 0.717) is 0 Å². The van der Waals surface area contributed by atoms with Gasteiger partial charge in [0.15, 0.2) is 0 Å². The lowest BCUT2D eigenvalue weighted by Gasteiger charge is -2.28. The maximum Gasteiger partial charge on any atom is 0.317 e. The van der Waals surface area contributed by atoms with E-state index in [1.54, 1.807) is 7.11 Å². The second kappa shape index (κ2) is 8.17. The van der Waals surface area contributed by atoms with Crippen LogP contribution in [0.3, 0.4) is 0 Å². The van der Waals surface area contributed by atoms with Gasteiger partial charge in [0.05, 0.1) is 7.11 Å². The molecule has 4 nitrogen and oxygen atoms in total. The molecule has 0 bridgehead atoms. The molecule has 1 aromatic carbocycles. The van der Waals surface area contributed by atoms with Crippen molar-refractivity contribution in [2.75, 3.05) is 31.7 Å². The number of ether oxygens (including phenoxy) is 1. The van der Waals surface area contributed by atoms with Crippen molar-refractivity contribution >= 4 is 17.8 Å². The summed E-state index contributed by atoms with van der Waals surface area (Å²) in [5.41, 5.74) is 1.27. The Hall–Kier alpha value is -1.36. The third-order valence-corrected chi connectivity index (χ3v) is 4.64. The number of nitrogens with one attached hydrogen (secondary N) is 1. The summed E-state index contributed by atoms with van der Waals surface area (Å²) in [6.45, 7) is 3.80.